The molecule has 1 aliphatic heterocycles. The standard InChI is InChI=1S/C21H18FN5O/c22-17-5-2-1-4-15(17)19-6-3-9-27(19)21(28)16-12-23-20-14(16)7-8-18(26-20)13-10-24-25-11-13/h1-2,4-5,7-8,10-12,19H,3,6,9H2,(H,23,26)(H,24,25). The minimum Gasteiger partial charge on any atom is -0.345 e. The fraction of sp³-hybridized carbons (Fsp3) is 0.190. The van der Waals surface area contributed by atoms with Crippen molar-refractivity contribution in [1.29, 1.82) is 0 Å². The van der Waals surface area contributed by atoms with Crippen LogP contribution in [0.1, 0.15) is 34.8 Å². The van der Waals surface area contributed by atoms with E-state index >= 15 is 0 Å². The van der Waals surface area contributed by atoms with Gasteiger partial charge in [0.2, 0.25) is 0 Å². The second-order valence-corrected chi connectivity index (χ2v) is 6.96. The summed E-state index contributed by atoms with van der Waals surface area (Å²) in [6.45, 7) is 0.616. The van der Waals surface area contributed by atoms with Crippen LogP contribution in [0.25, 0.3) is 22.3 Å². The van der Waals surface area contributed by atoms with Crippen LogP contribution in [0.15, 0.2) is 55.0 Å². The molecule has 28 heavy (non-hydrogen) atoms. The van der Waals surface area contributed by atoms with E-state index in [0.29, 0.717) is 23.3 Å². The summed E-state index contributed by atoms with van der Waals surface area (Å²) in [6.07, 6.45) is 6.78. The van der Waals surface area contributed by atoms with Crippen molar-refractivity contribution in [1.82, 2.24) is 25.1 Å². The molecule has 1 unspecified atom stereocenters. The number of hydrogen-bond donors (Lipinski definition) is 2. The van der Waals surface area contributed by atoms with Gasteiger partial charge in [0.05, 0.1) is 23.5 Å². The van der Waals surface area contributed by atoms with Gasteiger partial charge in [0.25, 0.3) is 5.91 Å². The van der Waals surface area contributed by atoms with Gasteiger partial charge >= 0.3 is 0 Å². The van der Waals surface area contributed by atoms with E-state index in [2.05, 4.69) is 20.2 Å². The van der Waals surface area contributed by atoms with Crippen LogP contribution in [-0.4, -0.2) is 37.5 Å². The molecule has 2 N–H and O–H groups in total. The summed E-state index contributed by atoms with van der Waals surface area (Å²) >= 11 is 0. The second kappa shape index (κ2) is 6.60. The van der Waals surface area contributed by atoms with E-state index in [1.807, 2.05) is 18.2 Å². The monoisotopic (exact) mass is 375 g/mol. The molecular weight excluding hydrogens is 357 g/mol. The molecule has 7 heteroatoms. The zero-order chi connectivity index (χ0) is 19.1. The van der Waals surface area contributed by atoms with Crippen LogP contribution in [-0.2, 0) is 0 Å². The highest BCUT2D eigenvalue weighted by Crippen LogP contribution is 2.35. The third kappa shape index (κ3) is 2.67. The molecule has 0 saturated carbocycles. The molecule has 1 amide bonds. The van der Waals surface area contributed by atoms with Crippen LogP contribution >= 0.6 is 0 Å². The van der Waals surface area contributed by atoms with Gasteiger partial charge in [-0.1, -0.05) is 18.2 Å². The van der Waals surface area contributed by atoms with Gasteiger partial charge < -0.3 is 9.88 Å². The van der Waals surface area contributed by atoms with Crippen molar-refractivity contribution in [3.63, 3.8) is 0 Å². The summed E-state index contributed by atoms with van der Waals surface area (Å²) in [5.74, 6) is -0.368. The average Bonchev–Trinajstić information content (AvgIpc) is 3.47. The summed E-state index contributed by atoms with van der Waals surface area (Å²) in [7, 11) is 0. The zero-order valence-electron chi connectivity index (χ0n) is 15.0. The SMILES string of the molecule is O=C(c1c[nH]c2nc(-c3cn[nH]c3)ccc12)N1CCCC1c1ccccc1F. The molecule has 4 heterocycles. The molecule has 0 aliphatic carbocycles. The number of hydrogen-bond acceptors (Lipinski definition) is 3. The van der Waals surface area contributed by atoms with E-state index in [1.54, 1.807) is 35.6 Å². The number of likely N-dealkylation sites (tertiary alicyclic amines) is 1. The number of H-pyrrole nitrogens is 2. The Labute approximate surface area is 160 Å². The largest absolute Gasteiger partial charge is 0.345 e. The molecule has 1 aromatic carbocycles. The second-order valence-electron chi connectivity index (χ2n) is 6.96. The van der Waals surface area contributed by atoms with Crippen molar-refractivity contribution in [2.24, 2.45) is 0 Å². The van der Waals surface area contributed by atoms with Gasteiger partial charge in [0.15, 0.2) is 0 Å². The number of benzene rings is 1. The molecule has 1 fully saturated rings. The van der Waals surface area contributed by atoms with Crippen molar-refractivity contribution in [2.75, 3.05) is 6.54 Å². The van der Waals surface area contributed by atoms with Gasteiger partial charge in [-0.15, -0.1) is 0 Å². The maximum absolute atomic E-state index is 14.3. The molecule has 1 saturated heterocycles. The van der Waals surface area contributed by atoms with Crippen molar-refractivity contribution in [3.05, 3.63) is 71.9 Å². The topological polar surface area (TPSA) is 77.7 Å². The minimum absolute atomic E-state index is 0.102. The number of halogens is 1. The van der Waals surface area contributed by atoms with E-state index in [9.17, 15) is 9.18 Å². The van der Waals surface area contributed by atoms with Gasteiger partial charge in [0, 0.05) is 35.5 Å². The molecule has 140 valence electrons. The summed E-state index contributed by atoms with van der Waals surface area (Å²) in [6, 6.07) is 10.2. The van der Waals surface area contributed by atoms with Gasteiger partial charge in [-0.3, -0.25) is 9.89 Å². The number of aromatic nitrogens is 4. The Hall–Kier alpha value is -3.48. The first-order valence-corrected chi connectivity index (χ1v) is 9.25. The third-order valence-electron chi connectivity index (χ3n) is 5.34. The Bertz CT molecular complexity index is 1150. The van der Waals surface area contributed by atoms with Crippen molar-refractivity contribution < 1.29 is 9.18 Å². The molecule has 6 nitrogen and oxygen atoms in total. The molecule has 3 aromatic heterocycles. The number of pyridine rings is 1. The molecule has 0 radical (unpaired) electrons. The normalized spacial score (nSPS) is 16.8. The van der Waals surface area contributed by atoms with Crippen LogP contribution in [0.5, 0.6) is 0 Å². The molecule has 0 spiro atoms. The van der Waals surface area contributed by atoms with Crippen molar-refractivity contribution >= 4 is 16.9 Å². The predicted molar refractivity (Wildman–Crippen MR) is 103 cm³/mol. The molecule has 4 aromatic rings. The Kier molecular flexibility index (Phi) is 3.93. The molecular formula is C21H18FN5O. The van der Waals surface area contributed by atoms with E-state index in [1.165, 1.54) is 6.07 Å². The van der Waals surface area contributed by atoms with Crippen LogP contribution in [0, 0.1) is 5.82 Å². The lowest BCUT2D eigenvalue weighted by molar-refractivity contribution is 0.0735. The summed E-state index contributed by atoms with van der Waals surface area (Å²) in [5.41, 5.74) is 3.43. The lowest BCUT2D eigenvalue weighted by Crippen LogP contribution is -2.30. The van der Waals surface area contributed by atoms with Crippen LogP contribution in [0.4, 0.5) is 4.39 Å². The minimum atomic E-state index is -0.266. The fourth-order valence-corrected chi connectivity index (χ4v) is 3.97. The number of rotatable bonds is 3. The van der Waals surface area contributed by atoms with Crippen molar-refractivity contribution in [2.45, 2.75) is 18.9 Å². The number of carbonyl (C=O) groups is 1. The zero-order valence-corrected chi connectivity index (χ0v) is 15.0. The number of fused-ring (bicyclic) bond motifs is 1. The van der Waals surface area contributed by atoms with Crippen LogP contribution in [0.3, 0.4) is 0 Å². The van der Waals surface area contributed by atoms with E-state index < -0.39 is 0 Å². The van der Waals surface area contributed by atoms with Crippen LogP contribution < -0.4 is 0 Å². The number of nitrogens with one attached hydrogen (secondary N) is 2. The molecule has 1 atom stereocenters. The number of amides is 1. The van der Waals surface area contributed by atoms with Gasteiger partial charge in [0.1, 0.15) is 11.5 Å². The Balaban J connectivity index is 1.49. The first kappa shape index (κ1) is 16.7. The molecule has 1 aliphatic rings. The Morgan fingerprint density at radius 2 is 2.07 bits per heavy atom. The van der Waals surface area contributed by atoms with E-state index in [4.69, 9.17) is 0 Å². The van der Waals surface area contributed by atoms with Gasteiger partial charge in [-0.05, 0) is 31.0 Å². The molecule has 0 bridgehead atoms. The van der Waals surface area contributed by atoms with Crippen LogP contribution in [0.2, 0.25) is 0 Å². The number of aromatic amines is 2. The van der Waals surface area contributed by atoms with Gasteiger partial charge in [-0.2, -0.15) is 5.10 Å². The fourth-order valence-electron chi connectivity index (χ4n) is 3.97. The lowest BCUT2D eigenvalue weighted by atomic mass is 10.0. The predicted octanol–water partition coefficient (Wildman–Crippen LogP) is 4.07. The first-order chi connectivity index (χ1) is 13.7. The number of carbonyl (C=O) groups excluding carboxylic acids is 1. The summed E-state index contributed by atoms with van der Waals surface area (Å²) in [4.78, 5) is 22.7. The average molecular weight is 375 g/mol. The van der Waals surface area contributed by atoms with Crippen molar-refractivity contribution in [3.8, 4) is 11.3 Å². The summed E-state index contributed by atoms with van der Waals surface area (Å²) in [5, 5.41) is 7.47. The smallest absolute Gasteiger partial charge is 0.256 e. The number of nitrogens with zero attached hydrogens (tertiary/aromatic N) is 3. The first-order valence-electron chi connectivity index (χ1n) is 9.25. The highest BCUT2D eigenvalue weighted by Gasteiger charge is 2.33. The van der Waals surface area contributed by atoms with E-state index in [0.717, 1.165) is 29.5 Å². The Morgan fingerprint density at radius 3 is 2.89 bits per heavy atom. The third-order valence-corrected chi connectivity index (χ3v) is 5.34. The quantitative estimate of drug-likeness (QED) is 0.567. The Morgan fingerprint density at radius 1 is 1.18 bits per heavy atom. The van der Waals surface area contributed by atoms with Gasteiger partial charge in [-0.25, -0.2) is 9.37 Å². The molecule has 5 rings (SSSR count). The highest BCUT2D eigenvalue weighted by atomic mass is 19.1. The maximum atomic E-state index is 14.3. The summed E-state index contributed by atoms with van der Waals surface area (Å²) < 4.78 is 14.3. The van der Waals surface area contributed by atoms with E-state index in [-0.39, 0.29) is 17.8 Å². The maximum Gasteiger partial charge on any atom is 0.256 e. The lowest BCUT2D eigenvalue weighted by Gasteiger charge is -2.25. The highest BCUT2D eigenvalue weighted by molar-refractivity contribution is 6.06.